The van der Waals surface area contributed by atoms with Gasteiger partial charge in [-0.15, -0.1) is 0 Å². The average Bonchev–Trinajstić information content (AvgIpc) is 2.20. The Morgan fingerprint density at radius 3 is 2.73 bits per heavy atom. The second-order valence-corrected chi connectivity index (χ2v) is 4.69. The number of anilines is 1. The molecule has 0 spiro atoms. The van der Waals surface area contributed by atoms with E-state index in [0.29, 0.717) is 17.4 Å². The molecule has 0 saturated heterocycles. The van der Waals surface area contributed by atoms with Crippen LogP contribution in [0, 0.1) is 5.82 Å². The minimum atomic E-state index is -0.735. The number of halogens is 2. The molecular formula is C11H15BrFNO. The highest BCUT2D eigenvalue weighted by atomic mass is 79.9. The summed E-state index contributed by atoms with van der Waals surface area (Å²) in [7, 11) is 0. The molecule has 4 heteroatoms. The summed E-state index contributed by atoms with van der Waals surface area (Å²) in [6, 6.07) is 4.68. The number of aliphatic hydroxyl groups is 1. The summed E-state index contributed by atoms with van der Waals surface area (Å²) >= 11 is 3.11. The lowest BCUT2D eigenvalue weighted by Gasteiger charge is -2.22. The third kappa shape index (κ3) is 3.80. The molecule has 1 aromatic rings. The highest BCUT2D eigenvalue weighted by molar-refractivity contribution is 9.10. The maximum atomic E-state index is 12.9. The van der Waals surface area contributed by atoms with E-state index >= 15 is 0 Å². The summed E-state index contributed by atoms with van der Waals surface area (Å²) in [4.78, 5) is 0. The van der Waals surface area contributed by atoms with Crippen LogP contribution < -0.4 is 5.32 Å². The van der Waals surface area contributed by atoms with Gasteiger partial charge < -0.3 is 10.4 Å². The van der Waals surface area contributed by atoms with Crippen molar-refractivity contribution in [2.24, 2.45) is 0 Å². The largest absolute Gasteiger partial charge is 0.388 e. The van der Waals surface area contributed by atoms with Crippen LogP contribution in [0.15, 0.2) is 22.7 Å². The Balaban J connectivity index is 2.62. The van der Waals surface area contributed by atoms with Crippen LogP contribution in [0.2, 0.25) is 0 Å². The van der Waals surface area contributed by atoms with Crippen molar-refractivity contribution in [3.8, 4) is 0 Å². The normalized spacial score (nSPS) is 14.7. The number of benzene rings is 1. The van der Waals surface area contributed by atoms with Gasteiger partial charge in [0.2, 0.25) is 0 Å². The Labute approximate surface area is 97.6 Å². The zero-order valence-corrected chi connectivity index (χ0v) is 10.4. The first-order chi connectivity index (χ1) is 6.94. The first-order valence-electron chi connectivity index (χ1n) is 4.86. The molecule has 84 valence electrons. The fourth-order valence-electron chi connectivity index (χ4n) is 1.02. The van der Waals surface area contributed by atoms with Crippen molar-refractivity contribution in [1.29, 1.82) is 0 Å². The van der Waals surface area contributed by atoms with Gasteiger partial charge in [-0.25, -0.2) is 4.39 Å². The first kappa shape index (κ1) is 12.5. The Bertz CT molecular complexity index is 341. The van der Waals surface area contributed by atoms with Gasteiger partial charge in [0.1, 0.15) is 5.82 Å². The van der Waals surface area contributed by atoms with E-state index in [2.05, 4.69) is 21.2 Å². The molecule has 1 unspecified atom stereocenters. The van der Waals surface area contributed by atoms with Gasteiger partial charge in [-0.3, -0.25) is 0 Å². The maximum Gasteiger partial charge on any atom is 0.137 e. The maximum absolute atomic E-state index is 12.9. The molecule has 0 aromatic heterocycles. The zero-order chi connectivity index (χ0) is 11.5. The van der Waals surface area contributed by atoms with Gasteiger partial charge >= 0.3 is 0 Å². The molecule has 1 rings (SSSR count). The smallest absolute Gasteiger partial charge is 0.137 e. The van der Waals surface area contributed by atoms with Crippen molar-refractivity contribution in [2.75, 3.05) is 11.9 Å². The molecule has 2 nitrogen and oxygen atoms in total. The van der Waals surface area contributed by atoms with Crippen LogP contribution in [0.4, 0.5) is 10.1 Å². The number of hydrogen-bond acceptors (Lipinski definition) is 2. The average molecular weight is 276 g/mol. The molecule has 1 atom stereocenters. The molecule has 0 aliphatic rings. The molecule has 0 aliphatic carbocycles. The SMILES string of the molecule is CCC(C)(O)CNc1ccc(F)c(Br)c1. The molecular weight excluding hydrogens is 261 g/mol. The molecule has 1 aromatic carbocycles. The summed E-state index contributed by atoms with van der Waals surface area (Å²) < 4.78 is 13.3. The third-order valence-corrected chi connectivity index (χ3v) is 2.96. The van der Waals surface area contributed by atoms with Crippen molar-refractivity contribution in [3.63, 3.8) is 0 Å². The summed E-state index contributed by atoms with van der Waals surface area (Å²) in [6.07, 6.45) is 0.669. The Hall–Kier alpha value is -0.610. The number of rotatable bonds is 4. The first-order valence-corrected chi connectivity index (χ1v) is 5.65. The predicted molar refractivity (Wildman–Crippen MR) is 63.5 cm³/mol. The summed E-state index contributed by atoms with van der Waals surface area (Å²) in [6.45, 7) is 4.13. The minimum Gasteiger partial charge on any atom is -0.388 e. The van der Waals surface area contributed by atoms with Crippen LogP contribution in [0.25, 0.3) is 0 Å². The number of nitrogens with one attached hydrogen (secondary N) is 1. The standard InChI is InChI=1S/C11H15BrFNO/c1-3-11(2,15)7-14-8-4-5-10(13)9(12)6-8/h4-6,14-15H,3,7H2,1-2H3. The van der Waals surface area contributed by atoms with Gasteiger partial charge in [-0.2, -0.15) is 0 Å². The molecule has 0 heterocycles. The fraction of sp³-hybridized carbons (Fsp3) is 0.455. The van der Waals surface area contributed by atoms with Crippen molar-refractivity contribution in [1.82, 2.24) is 0 Å². The van der Waals surface area contributed by atoms with Gasteiger partial charge in [-0.1, -0.05) is 6.92 Å². The molecule has 15 heavy (non-hydrogen) atoms. The summed E-state index contributed by atoms with van der Waals surface area (Å²) in [5.74, 6) is -0.289. The molecule has 0 radical (unpaired) electrons. The molecule has 0 amide bonds. The van der Waals surface area contributed by atoms with Crippen molar-refractivity contribution >= 4 is 21.6 Å². The van der Waals surface area contributed by atoms with Crippen LogP contribution in [0.5, 0.6) is 0 Å². The Morgan fingerprint density at radius 2 is 2.20 bits per heavy atom. The van der Waals surface area contributed by atoms with Crippen LogP contribution in [0.3, 0.4) is 0 Å². The van der Waals surface area contributed by atoms with E-state index in [-0.39, 0.29) is 5.82 Å². The van der Waals surface area contributed by atoms with E-state index in [1.807, 2.05) is 6.92 Å². The van der Waals surface area contributed by atoms with Gasteiger partial charge in [0.05, 0.1) is 10.1 Å². The van der Waals surface area contributed by atoms with E-state index in [4.69, 9.17) is 0 Å². The lowest BCUT2D eigenvalue weighted by atomic mass is 10.0. The highest BCUT2D eigenvalue weighted by Gasteiger charge is 2.16. The Kier molecular flexibility index (Phi) is 4.11. The highest BCUT2D eigenvalue weighted by Crippen LogP contribution is 2.20. The zero-order valence-electron chi connectivity index (χ0n) is 8.85. The second kappa shape index (κ2) is 4.94. The van der Waals surface area contributed by atoms with Crippen LogP contribution in [-0.2, 0) is 0 Å². The van der Waals surface area contributed by atoms with Gasteiger partial charge in [0.15, 0.2) is 0 Å². The lowest BCUT2D eigenvalue weighted by Crippen LogP contribution is -2.32. The topological polar surface area (TPSA) is 32.3 Å². The quantitative estimate of drug-likeness (QED) is 0.885. The second-order valence-electron chi connectivity index (χ2n) is 3.83. The monoisotopic (exact) mass is 275 g/mol. The molecule has 0 saturated carbocycles. The van der Waals surface area contributed by atoms with E-state index in [9.17, 15) is 9.50 Å². The van der Waals surface area contributed by atoms with Crippen LogP contribution in [0.1, 0.15) is 20.3 Å². The minimum absolute atomic E-state index is 0.289. The molecule has 2 N–H and O–H groups in total. The van der Waals surface area contributed by atoms with Gasteiger partial charge in [-0.05, 0) is 47.5 Å². The molecule has 0 aliphatic heterocycles. The lowest BCUT2D eigenvalue weighted by molar-refractivity contribution is 0.0697. The van der Waals surface area contributed by atoms with E-state index in [0.717, 1.165) is 5.69 Å². The van der Waals surface area contributed by atoms with Crippen molar-refractivity contribution in [2.45, 2.75) is 25.9 Å². The van der Waals surface area contributed by atoms with Crippen LogP contribution >= 0.6 is 15.9 Å². The summed E-state index contributed by atoms with van der Waals surface area (Å²) in [5.41, 5.74) is 0.0536. The van der Waals surface area contributed by atoms with E-state index in [1.165, 1.54) is 6.07 Å². The van der Waals surface area contributed by atoms with Crippen molar-refractivity contribution in [3.05, 3.63) is 28.5 Å². The van der Waals surface area contributed by atoms with Crippen LogP contribution in [-0.4, -0.2) is 17.3 Å². The van der Waals surface area contributed by atoms with Gasteiger partial charge in [0.25, 0.3) is 0 Å². The van der Waals surface area contributed by atoms with E-state index < -0.39 is 5.60 Å². The van der Waals surface area contributed by atoms with E-state index in [1.54, 1.807) is 19.1 Å². The molecule has 0 fully saturated rings. The Morgan fingerprint density at radius 1 is 1.53 bits per heavy atom. The summed E-state index contributed by atoms with van der Waals surface area (Å²) in [5, 5.41) is 12.8. The van der Waals surface area contributed by atoms with Crippen molar-refractivity contribution < 1.29 is 9.50 Å². The van der Waals surface area contributed by atoms with Gasteiger partial charge in [0, 0.05) is 12.2 Å². The fourth-order valence-corrected chi connectivity index (χ4v) is 1.40. The predicted octanol–water partition coefficient (Wildman–Crippen LogP) is 3.16. The third-order valence-electron chi connectivity index (χ3n) is 2.35. The number of hydrogen-bond donors (Lipinski definition) is 2. The molecule has 0 bridgehead atoms.